The minimum Gasteiger partial charge on any atom is -0.497 e. The first-order valence-electron chi connectivity index (χ1n) is 13.9. The van der Waals surface area contributed by atoms with Crippen molar-refractivity contribution in [3.8, 4) is 28.5 Å². The summed E-state index contributed by atoms with van der Waals surface area (Å²) in [5.41, 5.74) is 6.02. The van der Waals surface area contributed by atoms with E-state index in [9.17, 15) is 4.79 Å². The van der Waals surface area contributed by atoms with Crippen LogP contribution in [0.2, 0.25) is 0 Å². The summed E-state index contributed by atoms with van der Waals surface area (Å²) < 4.78 is 16.1. The first-order chi connectivity index (χ1) is 20.5. The van der Waals surface area contributed by atoms with Crippen LogP contribution in [-0.4, -0.2) is 38.8 Å². The van der Waals surface area contributed by atoms with Gasteiger partial charge in [0.05, 0.1) is 38.1 Å². The quantitative estimate of drug-likeness (QED) is 0.179. The Morgan fingerprint density at radius 1 is 0.810 bits per heavy atom. The summed E-state index contributed by atoms with van der Waals surface area (Å²) in [6.07, 6.45) is 0.853. The Morgan fingerprint density at radius 3 is 2.26 bits per heavy atom. The first-order valence-corrected chi connectivity index (χ1v) is 13.9. The van der Waals surface area contributed by atoms with Gasteiger partial charge >= 0.3 is 0 Å². The molecule has 2 N–H and O–H groups in total. The number of methoxy groups -OCH3 is 3. The molecule has 7 heteroatoms. The molecule has 0 aliphatic carbocycles. The molecule has 0 bridgehead atoms. The van der Waals surface area contributed by atoms with Crippen LogP contribution in [0.1, 0.15) is 34.5 Å². The van der Waals surface area contributed by atoms with Crippen LogP contribution in [-0.2, 0) is 6.42 Å². The maximum Gasteiger partial charge on any atom is 0.256 e. The van der Waals surface area contributed by atoms with Gasteiger partial charge < -0.3 is 24.8 Å². The van der Waals surface area contributed by atoms with Gasteiger partial charge in [0.15, 0.2) is 11.5 Å². The van der Waals surface area contributed by atoms with Gasteiger partial charge in [-0.15, -0.1) is 0 Å². The summed E-state index contributed by atoms with van der Waals surface area (Å²) in [6.45, 7) is 2.93. The number of fused-ring (bicyclic) bond motifs is 1. The SMILES string of the molecule is COc1ccc(-c2cc(C(=O)Nc3ccc(CCNC(C)c4ccc(OC)c(OC)c4)cc3)c3ccccc3n2)cc1. The fourth-order valence-corrected chi connectivity index (χ4v) is 4.90. The number of amides is 1. The molecule has 0 saturated heterocycles. The number of nitrogens with zero attached hydrogens (tertiary/aromatic N) is 1. The van der Waals surface area contributed by atoms with E-state index in [1.165, 1.54) is 5.56 Å². The highest BCUT2D eigenvalue weighted by molar-refractivity contribution is 6.13. The Bertz CT molecular complexity index is 1670. The van der Waals surface area contributed by atoms with E-state index in [-0.39, 0.29) is 11.9 Å². The van der Waals surface area contributed by atoms with Crippen LogP contribution in [0.25, 0.3) is 22.2 Å². The average molecular weight is 562 g/mol. The van der Waals surface area contributed by atoms with Crippen LogP contribution >= 0.6 is 0 Å². The molecular weight excluding hydrogens is 526 g/mol. The molecule has 7 nitrogen and oxygen atoms in total. The second kappa shape index (κ2) is 13.2. The molecule has 1 heterocycles. The molecule has 1 amide bonds. The van der Waals surface area contributed by atoms with E-state index >= 15 is 0 Å². The van der Waals surface area contributed by atoms with Crippen LogP contribution in [0.5, 0.6) is 17.2 Å². The zero-order valence-corrected chi connectivity index (χ0v) is 24.3. The second-order valence-electron chi connectivity index (χ2n) is 9.99. The Labute approximate surface area is 246 Å². The number of hydrogen-bond acceptors (Lipinski definition) is 6. The van der Waals surface area contributed by atoms with Gasteiger partial charge in [-0.1, -0.05) is 36.4 Å². The molecule has 5 rings (SSSR count). The lowest BCUT2D eigenvalue weighted by Gasteiger charge is -2.16. The number of para-hydroxylation sites is 1. The smallest absolute Gasteiger partial charge is 0.256 e. The number of carbonyl (C=O) groups is 1. The van der Waals surface area contributed by atoms with Crippen molar-refractivity contribution in [2.75, 3.05) is 33.2 Å². The highest BCUT2D eigenvalue weighted by atomic mass is 16.5. The fourth-order valence-electron chi connectivity index (χ4n) is 4.90. The molecule has 1 unspecified atom stereocenters. The summed E-state index contributed by atoms with van der Waals surface area (Å²) >= 11 is 0. The third-order valence-electron chi connectivity index (χ3n) is 7.33. The van der Waals surface area contributed by atoms with Gasteiger partial charge in [-0.05, 0) is 91.7 Å². The van der Waals surface area contributed by atoms with Crippen molar-refractivity contribution in [2.24, 2.45) is 0 Å². The van der Waals surface area contributed by atoms with Crippen molar-refractivity contribution in [1.29, 1.82) is 0 Å². The second-order valence-corrected chi connectivity index (χ2v) is 9.99. The topological polar surface area (TPSA) is 81.7 Å². The van der Waals surface area contributed by atoms with Crippen molar-refractivity contribution >= 4 is 22.5 Å². The van der Waals surface area contributed by atoms with Gasteiger partial charge in [-0.3, -0.25) is 4.79 Å². The molecule has 4 aromatic carbocycles. The van der Waals surface area contributed by atoms with E-state index in [0.717, 1.165) is 63.6 Å². The molecule has 0 radical (unpaired) electrons. The number of hydrogen-bond donors (Lipinski definition) is 2. The van der Waals surface area contributed by atoms with Crippen LogP contribution in [0.4, 0.5) is 5.69 Å². The number of aromatic nitrogens is 1. The summed E-state index contributed by atoms with van der Waals surface area (Å²) in [7, 11) is 4.92. The standard InChI is InChI=1S/C35H35N3O4/c1-23(26-13-18-33(41-3)34(21-26)42-4)36-20-19-24-9-14-27(15-10-24)37-35(39)30-22-32(25-11-16-28(40-2)17-12-25)38-31-8-6-5-7-29(30)31/h5-18,21-23,36H,19-20H2,1-4H3,(H,37,39). The maximum atomic E-state index is 13.5. The summed E-state index contributed by atoms with van der Waals surface area (Å²) in [5.74, 6) is 2.03. The lowest BCUT2D eigenvalue weighted by molar-refractivity contribution is 0.102. The normalized spacial score (nSPS) is 11.6. The molecule has 1 aromatic heterocycles. The van der Waals surface area contributed by atoms with Gasteiger partial charge in [-0.25, -0.2) is 4.98 Å². The molecule has 0 spiro atoms. The number of pyridine rings is 1. The number of ether oxygens (including phenoxy) is 3. The van der Waals surface area contributed by atoms with E-state index < -0.39 is 0 Å². The number of nitrogens with one attached hydrogen (secondary N) is 2. The van der Waals surface area contributed by atoms with Gasteiger partial charge in [0.2, 0.25) is 0 Å². The molecule has 0 fully saturated rings. The molecular formula is C35H35N3O4. The van der Waals surface area contributed by atoms with Crippen molar-refractivity contribution < 1.29 is 19.0 Å². The Morgan fingerprint density at radius 2 is 1.55 bits per heavy atom. The Hall–Kier alpha value is -4.88. The fraction of sp³-hybridized carbons (Fsp3) is 0.200. The van der Waals surface area contributed by atoms with Gasteiger partial charge in [0.1, 0.15) is 5.75 Å². The van der Waals surface area contributed by atoms with Crippen molar-refractivity contribution in [3.05, 3.63) is 114 Å². The number of carbonyl (C=O) groups excluding carboxylic acids is 1. The predicted molar refractivity (Wildman–Crippen MR) is 168 cm³/mol. The number of anilines is 1. The zero-order valence-electron chi connectivity index (χ0n) is 24.3. The molecule has 42 heavy (non-hydrogen) atoms. The first kappa shape index (κ1) is 28.6. The molecule has 0 saturated carbocycles. The van der Waals surface area contributed by atoms with Gasteiger partial charge in [0, 0.05) is 22.7 Å². The highest BCUT2D eigenvalue weighted by Crippen LogP contribution is 2.30. The van der Waals surface area contributed by atoms with Crippen LogP contribution in [0, 0.1) is 0 Å². The summed E-state index contributed by atoms with van der Waals surface area (Å²) in [6, 6.07) is 31.3. The lowest BCUT2D eigenvalue weighted by atomic mass is 10.0. The molecule has 0 aliphatic heterocycles. The van der Waals surface area contributed by atoms with E-state index in [1.807, 2.05) is 97.1 Å². The van der Waals surface area contributed by atoms with Crippen LogP contribution in [0.15, 0.2) is 97.1 Å². The largest absolute Gasteiger partial charge is 0.497 e. The van der Waals surface area contributed by atoms with Crippen LogP contribution in [0.3, 0.4) is 0 Å². The van der Waals surface area contributed by atoms with Gasteiger partial charge in [0.25, 0.3) is 5.91 Å². The zero-order chi connectivity index (χ0) is 29.5. The summed E-state index contributed by atoms with van der Waals surface area (Å²) in [5, 5.41) is 7.44. The van der Waals surface area contributed by atoms with E-state index in [1.54, 1.807) is 21.3 Å². The predicted octanol–water partition coefficient (Wildman–Crippen LogP) is 7.07. The lowest BCUT2D eigenvalue weighted by Crippen LogP contribution is -2.21. The van der Waals surface area contributed by atoms with E-state index in [2.05, 4.69) is 17.6 Å². The minimum atomic E-state index is -0.179. The molecule has 0 aliphatic rings. The van der Waals surface area contributed by atoms with E-state index in [4.69, 9.17) is 19.2 Å². The minimum absolute atomic E-state index is 0.154. The van der Waals surface area contributed by atoms with Crippen molar-refractivity contribution in [1.82, 2.24) is 10.3 Å². The number of benzene rings is 4. The Balaban J connectivity index is 1.24. The van der Waals surface area contributed by atoms with E-state index in [0.29, 0.717) is 5.56 Å². The van der Waals surface area contributed by atoms with Gasteiger partial charge in [-0.2, -0.15) is 0 Å². The molecule has 5 aromatic rings. The third kappa shape index (κ3) is 6.53. The highest BCUT2D eigenvalue weighted by Gasteiger charge is 2.15. The maximum absolute atomic E-state index is 13.5. The van der Waals surface area contributed by atoms with Crippen molar-refractivity contribution in [2.45, 2.75) is 19.4 Å². The molecule has 1 atom stereocenters. The summed E-state index contributed by atoms with van der Waals surface area (Å²) in [4.78, 5) is 18.3. The van der Waals surface area contributed by atoms with Crippen molar-refractivity contribution in [3.63, 3.8) is 0 Å². The average Bonchev–Trinajstić information content (AvgIpc) is 3.04. The number of rotatable bonds is 11. The molecule has 214 valence electrons. The van der Waals surface area contributed by atoms with Crippen LogP contribution < -0.4 is 24.8 Å². The Kier molecular flexibility index (Phi) is 8.99. The monoisotopic (exact) mass is 561 g/mol. The third-order valence-corrected chi connectivity index (χ3v) is 7.33.